The van der Waals surface area contributed by atoms with Gasteiger partial charge in [0.25, 0.3) is 0 Å². The first-order valence-corrected chi connectivity index (χ1v) is 11.6. The van der Waals surface area contributed by atoms with Gasteiger partial charge in [0.15, 0.2) is 0 Å². The smallest absolute Gasteiger partial charge is 0.000728 e. The number of rotatable bonds is 2. The van der Waals surface area contributed by atoms with Crippen molar-refractivity contribution in [1.82, 2.24) is 0 Å². The fraction of sp³-hybridized carbons (Fsp3) is 0.0303. The van der Waals surface area contributed by atoms with Crippen LogP contribution in [0.1, 0.15) is 11.1 Å². The third kappa shape index (κ3) is 2.99. The highest BCUT2D eigenvalue weighted by Gasteiger charge is 2.22. The number of hydrogen-bond acceptors (Lipinski definition) is 0. The third-order valence-corrected chi connectivity index (χ3v) is 7.09. The summed E-state index contributed by atoms with van der Waals surface area (Å²) in [5.74, 6) is 0. The quantitative estimate of drug-likeness (QED) is 0.263. The highest BCUT2D eigenvalue weighted by Crippen LogP contribution is 2.43. The van der Waals surface area contributed by atoms with Crippen LogP contribution in [0.25, 0.3) is 54.9 Å². The molecule has 0 aromatic heterocycles. The highest BCUT2D eigenvalue weighted by atomic mass is 14.3. The molecule has 0 amide bonds. The molecule has 0 aliphatic heterocycles. The van der Waals surface area contributed by atoms with Gasteiger partial charge in [0.05, 0.1) is 0 Å². The summed E-state index contributed by atoms with van der Waals surface area (Å²) in [6, 6.07) is 44.5. The fourth-order valence-corrected chi connectivity index (χ4v) is 5.38. The molecule has 0 heterocycles. The van der Waals surface area contributed by atoms with E-state index in [2.05, 4.69) is 121 Å². The van der Waals surface area contributed by atoms with Crippen molar-refractivity contribution in [3.05, 3.63) is 132 Å². The Labute approximate surface area is 193 Å². The molecular weight excluding hydrogens is 396 g/mol. The molecule has 0 spiro atoms. The Hall–Kier alpha value is -4.16. The van der Waals surface area contributed by atoms with Crippen LogP contribution in [-0.4, -0.2) is 0 Å². The van der Waals surface area contributed by atoms with Gasteiger partial charge in [-0.3, -0.25) is 0 Å². The summed E-state index contributed by atoms with van der Waals surface area (Å²) >= 11 is 0. The largest absolute Gasteiger partial charge is 0.0616 e. The highest BCUT2D eigenvalue weighted by molar-refractivity contribution is 5.92. The van der Waals surface area contributed by atoms with E-state index in [1.165, 1.54) is 66.1 Å². The van der Waals surface area contributed by atoms with Crippen molar-refractivity contribution >= 4 is 21.5 Å². The van der Waals surface area contributed by atoms with Gasteiger partial charge in [-0.25, -0.2) is 0 Å². The lowest BCUT2D eigenvalue weighted by Gasteiger charge is -2.10. The minimum absolute atomic E-state index is 0.992. The molecule has 0 nitrogen and oxygen atoms in total. The Morgan fingerprint density at radius 1 is 0.364 bits per heavy atom. The van der Waals surface area contributed by atoms with E-state index in [1.807, 2.05) is 0 Å². The monoisotopic (exact) mass is 418 g/mol. The summed E-state index contributed by atoms with van der Waals surface area (Å²) in [7, 11) is 0. The van der Waals surface area contributed by atoms with Crippen LogP contribution in [0.3, 0.4) is 0 Å². The Morgan fingerprint density at radius 2 is 0.939 bits per heavy atom. The molecule has 6 aromatic carbocycles. The minimum atomic E-state index is 0.992. The summed E-state index contributed by atoms with van der Waals surface area (Å²) in [6.45, 7) is 0. The van der Waals surface area contributed by atoms with Crippen molar-refractivity contribution in [3.8, 4) is 33.4 Å². The Balaban J connectivity index is 1.34. The van der Waals surface area contributed by atoms with Crippen LogP contribution in [0.2, 0.25) is 0 Å². The summed E-state index contributed by atoms with van der Waals surface area (Å²) in [5.41, 5.74) is 10.8. The average Bonchev–Trinajstić information content (AvgIpc) is 3.26. The normalized spacial score (nSPS) is 12.1. The molecule has 1 aliphatic rings. The predicted octanol–water partition coefficient (Wildman–Crippen LogP) is 8.90. The van der Waals surface area contributed by atoms with Gasteiger partial charge in [-0.15, -0.1) is 0 Å². The first-order valence-electron chi connectivity index (χ1n) is 11.6. The summed E-state index contributed by atoms with van der Waals surface area (Å²) in [4.78, 5) is 0. The molecule has 7 rings (SSSR count). The fourth-order valence-electron chi connectivity index (χ4n) is 5.38. The number of benzene rings is 6. The van der Waals surface area contributed by atoms with Gasteiger partial charge in [0.2, 0.25) is 0 Å². The topological polar surface area (TPSA) is 0 Å². The average molecular weight is 419 g/mol. The molecule has 0 saturated heterocycles. The van der Waals surface area contributed by atoms with Gasteiger partial charge in [-0.1, -0.05) is 103 Å². The zero-order valence-electron chi connectivity index (χ0n) is 18.3. The lowest BCUT2D eigenvalue weighted by molar-refractivity contribution is 1.26. The summed E-state index contributed by atoms with van der Waals surface area (Å²) in [5, 5.41) is 5.15. The van der Waals surface area contributed by atoms with Crippen molar-refractivity contribution < 1.29 is 0 Å². The third-order valence-electron chi connectivity index (χ3n) is 7.09. The van der Waals surface area contributed by atoms with Crippen LogP contribution < -0.4 is 0 Å². The van der Waals surface area contributed by atoms with Gasteiger partial charge in [-0.05, 0) is 90.7 Å². The molecule has 154 valence electrons. The molecule has 0 heteroatoms. The molecule has 0 N–H and O–H groups in total. The Kier molecular flexibility index (Phi) is 4.01. The van der Waals surface area contributed by atoms with E-state index in [4.69, 9.17) is 0 Å². The molecule has 6 aromatic rings. The van der Waals surface area contributed by atoms with Gasteiger partial charge < -0.3 is 0 Å². The second-order valence-electron chi connectivity index (χ2n) is 9.00. The van der Waals surface area contributed by atoms with Crippen LogP contribution >= 0.6 is 0 Å². The molecule has 0 atom stereocenters. The van der Waals surface area contributed by atoms with E-state index >= 15 is 0 Å². The van der Waals surface area contributed by atoms with Crippen molar-refractivity contribution in [1.29, 1.82) is 0 Å². The molecule has 0 saturated carbocycles. The van der Waals surface area contributed by atoms with E-state index in [1.54, 1.807) is 0 Å². The van der Waals surface area contributed by atoms with Gasteiger partial charge in [0, 0.05) is 0 Å². The minimum Gasteiger partial charge on any atom is -0.0616 e. The summed E-state index contributed by atoms with van der Waals surface area (Å²) in [6.07, 6.45) is 0.992. The first-order chi connectivity index (χ1) is 16.3. The SMILES string of the molecule is c1cc(-c2ccc3ccccc3c2)c2c(c1)-c1cc(-c3ccc4ccccc4c3)ccc1C2. The van der Waals surface area contributed by atoms with E-state index < -0.39 is 0 Å². The summed E-state index contributed by atoms with van der Waals surface area (Å²) < 4.78 is 0. The number of fused-ring (bicyclic) bond motifs is 5. The molecule has 0 unspecified atom stereocenters. The van der Waals surface area contributed by atoms with E-state index in [0.29, 0.717) is 0 Å². The van der Waals surface area contributed by atoms with E-state index in [9.17, 15) is 0 Å². The van der Waals surface area contributed by atoms with Crippen LogP contribution in [0.4, 0.5) is 0 Å². The van der Waals surface area contributed by atoms with E-state index in [-0.39, 0.29) is 0 Å². The molecule has 33 heavy (non-hydrogen) atoms. The molecular formula is C33H22. The van der Waals surface area contributed by atoms with Crippen molar-refractivity contribution in [2.24, 2.45) is 0 Å². The van der Waals surface area contributed by atoms with Crippen molar-refractivity contribution in [2.45, 2.75) is 6.42 Å². The predicted molar refractivity (Wildman–Crippen MR) is 141 cm³/mol. The second kappa shape index (κ2) is 7.18. The van der Waals surface area contributed by atoms with Crippen LogP contribution in [0, 0.1) is 0 Å². The van der Waals surface area contributed by atoms with Crippen molar-refractivity contribution in [3.63, 3.8) is 0 Å². The van der Waals surface area contributed by atoms with Gasteiger partial charge >= 0.3 is 0 Å². The Bertz CT molecular complexity index is 1690. The second-order valence-corrected chi connectivity index (χ2v) is 9.00. The first kappa shape index (κ1) is 18.4. The zero-order chi connectivity index (χ0) is 21.8. The maximum atomic E-state index is 2.38. The molecule has 1 aliphatic carbocycles. The lowest BCUT2D eigenvalue weighted by Crippen LogP contribution is -1.88. The molecule has 0 bridgehead atoms. The van der Waals surface area contributed by atoms with Gasteiger partial charge in [-0.2, -0.15) is 0 Å². The standard InChI is InChI=1S/C33H22/c1-3-8-24-18-26(14-12-22(24)6-1)27-15-17-29-21-33-30(10-5-11-31(33)32(29)20-27)28-16-13-23-7-2-4-9-25(23)19-28/h1-20H,21H2. The molecule has 0 fully saturated rings. The Morgan fingerprint density at radius 3 is 1.70 bits per heavy atom. The molecule has 0 radical (unpaired) electrons. The zero-order valence-corrected chi connectivity index (χ0v) is 18.3. The lowest BCUT2D eigenvalue weighted by atomic mass is 9.94. The number of hydrogen-bond donors (Lipinski definition) is 0. The maximum absolute atomic E-state index is 2.38. The van der Waals surface area contributed by atoms with Gasteiger partial charge in [0.1, 0.15) is 0 Å². The van der Waals surface area contributed by atoms with Crippen LogP contribution in [0.5, 0.6) is 0 Å². The maximum Gasteiger partial charge on any atom is -0.000728 e. The van der Waals surface area contributed by atoms with Crippen LogP contribution in [-0.2, 0) is 6.42 Å². The van der Waals surface area contributed by atoms with Crippen LogP contribution in [0.15, 0.2) is 121 Å². The van der Waals surface area contributed by atoms with E-state index in [0.717, 1.165) is 6.42 Å². The van der Waals surface area contributed by atoms with Crippen molar-refractivity contribution in [2.75, 3.05) is 0 Å².